The molecule has 5 heteroatoms. The molecule has 1 atom stereocenters. The van der Waals surface area contributed by atoms with Crippen LogP contribution in [-0.2, 0) is 9.84 Å². The minimum atomic E-state index is -3.17. The predicted molar refractivity (Wildman–Crippen MR) is 78.4 cm³/mol. The molecule has 1 rings (SSSR count). The van der Waals surface area contributed by atoms with Crippen LogP contribution in [0.4, 0.5) is 0 Å². The summed E-state index contributed by atoms with van der Waals surface area (Å²) in [6.07, 6.45) is 1.71. The summed E-state index contributed by atoms with van der Waals surface area (Å²) in [6, 6.07) is 6.97. The van der Waals surface area contributed by atoms with Crippen LogP contribution in [0.3, 0.4) is 0 Å². The molecule has 2 nitrogen and oxygen atoms in total. The van der Waals surface area contributed by atoms with Crippen LogP contribution in [0.1, 0.15) is 19.8 Å². The van der Waals surface area contributed by atoms with E-state index in [2.05, 4.69) is 38.8 Å². The zero-order chi connectivity index (χ0) is 12.9. The lowest BCUT2D eigenvalue weighted by Crippen LogP contribution is -2.11. The lowest BCUT2D eigenvalue weighted by atomic mass is 10.1. The Morgan fingerprint density at radius 2 is 1.88 bits per heavy atom. The van der Waals surface area contributed by atoms with Gasteiger partial charge in [0, 0.05) is 9.80 Å². The van der Waals surface area contributed by atoms with Crippen molar-refractivity contribution in [3.63, 3.8) is 0 Å². The highest BCUT2D eigenvalue weighted by atomic mass is 79.9. The second-order valence-electron chi connectivity index (χ2n) is 4.12. The number of sulfone groups is 1. The number of benzene rings is 1. The highest BCUT2D eigenvalue weighted by Gasteiger charge is 2.18. The summed E-state index contributed by atoms with van der Waals surface area (Å²) in [6.45, 7) is 2.08. The van der Waals surface area contributed by atoms with Crippen molar-refractivity contribution in [3.05, 3.63) is 28.7 Å². The van der Waals surface area contributed by atoms with Crippen molar-refractivity contribution in [2.24, 2.45) is 5.92 Å². The summed E-state index contributed by atoms with van der Waals surface area (Å²) in [5, 5.41) is 0.920. The van der Waals surface area contributed by atoms with Gasteiger partial charge in [0.15, 0.2) is 9.84 Å². The van der Waals surface area contributed by atoms with Gasteiger partial charge < -0.3 is 0 Å². The van der Waals surface area contributed by atoms with Gasteiger partial charge in [0.1, 0.15) is 0 Å². The van der Waals surface area contributed by atoms with Gasteiger partial charge in [-0.25, -0.2) is 8.42 Å². The average molecular weight is 384 g/mol. The van der Waals surface area contributed by atoms with E-state index in [1.54, 1.807) is 18.2 Å². The second kappa shape index (κ2) is 6.90. The van der Waals surface area contributed by atoms with Crippen LogP contribution in [0, 0.1) is 5.92 Å². The Kier molecular flexibility index (Phi) is 6.17. The van der Waals surface area contributed by atoms with Crippen molar-refractivity contribution in [1.29, 1.82) is 0 Å². The molecular formula is C12H16Br2O2S. The van der Waals surface area contributed by atoms with Gasteiger partial charge in [0.2, 0.25) is 0 Å². The lowest BCUT2D eigenvalue weighted by Gasteiger charge is -2.10. The van der Waals surface area contributed by atoms with Gasteiger partial charge in [-0.15, -0.1) is 0 Å². The van der Waals surface area contributed by atoms with Crippen molar-refractivity contribution < 1.29 is 8.42 Å². The Balaban J connectivity index is 2.73. The number of halogens is 2. The Bertz CT molecular complexity index is 457. The van der Waals surface area contributed by atoms with Gasteiger partial charge in [-0.1, -0.05) is 35.0 Å². The zero-order valence-electron chi connectivity index (χ0n) is 9.70. The highest BCUT2D eigenvalue weighted by molar-refractivity contribution is 9.10. The van der Waals surface area contributed by atoms with Gasteiger partial charge in [-0.05, 0) is 46.8 Å². The SMILES string of the molecule is CC(CCBr)CCS(=O)(=O)c1ccccc1Br. The fraction of sp³-hybridized carbons (Fsp3) is 0.500. The third-order valence-corrected chi connectivity index (χ3v) is 5.86. The van der Waals surface area contributed by atoms with Crippen molar-refractivity contribution in [2.75, 3.05) is 11.1 Å². The van der Waals surface area contributed by atoms with Crippen molar-refractivity contribution in [3.8, 4) is 0 Å². The van der Waals surface area contributed by atoms with E-state index >= 15 is 0 Å². The van der Waals surface area contributed by atoms with Crippen LogP contribution in [0.25, 0.3) is 0 Å². The lowest BCUT2D eigenvalue weighted by molar-refractivity contribution is 0.536. The number of alkyl halides is 1. The molecule has 0 fully saturated rings. The molecule has 0 aliphatic heterocycles. The van der Waals surface area contributed by atoms with Crippen molar-refractivity contribution in [2.45, 2.75) is 24.7 Å². The molecule has 0 saturated heterocycles. The van der Waals surface area contributed by atoms with E-state index in [0.717, 1.165) is 11.8 Å². The number of rotatable bonds is 6. The first-order chi connectivity index (χ1) is 7.97. The summed E-state index contributed by atoms with van der Waals surface area (Å²) in [7, 11) is -3.17. The Morgan fingerprint density at radius 1 is 1.24 bits per heavy atom. The first-order valence-corrected chi connectivity index (χ1v) is 9.07. The third kappa shape index (κ3) is 4.72. The fourth-order valence-electron chi connectivity index (χ4n) is 1.49. The molecule has 17 heavy (non-hydrogen) atoms. The van der Waals surface area contributed by atoms with Crippen molar-refractivity contribution >= 4 is 41.7 Å². The summed E-state index contributed by atoms with van der Waals surface area (Å²) < 4.78 is 24.9. The van der Waals surface area contributed by atoms with E-state index in [0.29, 0.717) is 21.7 Å². The fourth-order valence-corrected chi connectivity index (χ4v) is 4.88. The maximum atomic E-state index is 12.1. The van der Waals surface area contributed by atoms with Crippen LogP contribution in [-0.4, -0.2) is 19.5 Å². The highest BCUT2D eigenvalue weighted by Crippen LogP contribution is 2.24. The van der Waals surface area contributed by atoms with Crippen LogP contribution in [0.2, 0.25) is 0 Å². The summed E-state index contributed by atoms with van der Waals surface area (Å²) in [5.74, 6) is 0.635. The van der Waals surface area contributed by atoms with E-state index in [9.17, 15) is 8.42 Å². The zero-order valence-corrected chi connectivity index (χ0v) is 13.7. The monoisotopic (exact) mass is 382 g/mol. The van der Waals surface area contributed by atoms with E-state index in [1.165, 1.54) is 0 Å². The average Bonchev–Trinajstić information content (AvgIpc) is 2.27. The summed E-state index contributed by atoms with van der Waals surface area (Å²) >= 11 is 6.65. The Labute approximate surface area is 120 Å². The molecule has 96 valence electrons. The Morgan fingerprint density at radius 3 is 2.47 bits per heavy atom. The molecule has 1 aromatic carbocycles. The predicted octanol–water partition coefficient (Wildman–Crippen LogP) is 4.03. The molecule has 0 aliphatic rings. The van der Waals surface area contributed by atoms with Crippen molar-refractivity contribution in [1.82, 2.24) is 0 Å². The standard InChI is InChI=1S/C12H16Br2O2S/c1-10(6-8-13)7-9-17(15,16)12-5-3-2-4-11(12)14/h2-5,10H,6-9H2,1H3. The van der Waals surface area contributed by atoms with Crippen LogP contribution in [0.5, 0.6) is 0 Å². The van der Waals surface area contributed by atoms with E-state index in [1.807, 2.05) is 6.07 Å². The molecule has 0 radical (unpaired) electrons. The smallest absolute Gasteiger partial charge is 0.179 e. The van der Waals surface area contributed by atoms with E-state index < -0.39 is 9.84 Å². The van der Waals surface area contributed by atoms with Gasteiger partial charge in [-0.2, -0.15) is 0 Å². The molecule has 0 saturated carbocycles. The third-order valence-electron chi connectivity index (χ3n) is 2.65. The van der Waals surface area contributed by atoms with Crippen LogP contribution < -0.4 is 0 Å². The molecular weight excluding hydrogens is 368 g/mol. The normalized spacial score (nSPS) is 13.6. The second-order valence-corrected chi connectivity index (χ2v) is 7.85. The minimum Gasteiger partial charge on any atom is -0.224 e. The molecule has 0 aromatic heterocycles. The first kappa shape index (κ1) is 15.2. The summed E-state index contributed by atoms with van der Waals surface area (Å²) in [4.78, 5) is 0.394. The number of hydrogen-bond acceptors (Lipinski definition) is 2. The van der Waals surface area contributed by atoms with E-state index in [-0.39, 0.29) is 5.75 Å². The maximum absolute atomic E-state index is 12.1. The minimum absolute atomic E-state index is 0.212. The topological polar surface area (TPSA) is 34.1 Å². The molecule has 0 heterocycles. The molecule has 0 N–H and O–H groups in total. The molecule has 0 spiro atoms. The van der Waals surface area contributed by atoms with Crippen LogP contribution >= 0.6 is 31.9 Å². The van der Waals surface area contributed by atoms with Gasteiger partial charge in [0.25, 0.3) is 0 Å². The maximum Gasteiger partial charge on any atom is 0.179 e. The largest absolute Gasteiger partial charge is 0.224 e. The Hall–Kier alpha value is 0.130. The van der Waals surface area contributed by atoms with Gasteiger partial charge in [-0.3, -0.25) is 0 Å². The first-order valence-electron chi connectivity index (χ1n) is 5.50. The van der Waals surface area contributed by atoms with Gasteiger partial charge >= 0.3 is 0 Å². The molecule has 0 bridgehead atoms. The quantitative estimate of drug-likeness (QED) is 0.694. The number of hydrogen-bond donors (Lipinski definition) is 0. The van der Waals surface area contributed by atoms with Gasteiger partial charge in [0.05, 0.1) is 10.6 Å². The molecule has 0 amide bonds. The summed E-state index contributed by atoms with van der Waals surface area (Å²) in [5.41, 5.74) is 0. The molecule has 1 aromatic rings. The molecule has 0 aliphatic carbocycles. The van der Waals surface area contributed by atoms with Crippen LogP contribution in [0.15, 0.2) is 33.6 Å². The molecule has 1 unspecified atom stereocenters. The van der Waals surface area contributed by atoms with E-state index in [4.69, 9.17) is 0 Å².